The minimum Gasteiger partial charge on any atom is -0.463 e. The number of aldehydes is 1. The highest BCUT2D eigenvalue weighted by atomic mass is 32.2. The maximum atomic E-state index is 12.0. The van der Waals surface area contributed by atoms with Gasteiger partial charge in [-0.15, -0.1) is 0 Å². The number of thioether (sulfide) groups is 1. The summed E-state index contributed by atoms with van der Waals surface area (Å²) in [5.41, 5.74) is 0.724. The normalized spacial score (nSPS) is 9.95. The van der Waals surface area contributed by atoms with Crippen LogP contribution in [0.3, 0.4) is 0 Å². The van der Waals surface area contributed by atoms with Crippen molar-refractivity contribution in [2.24, 2.45) is 0 Å². The smallest absolute Gasteiger partial charge is 0.203 e. The number of carbonyl (C=O) groups excluding carboxylic acids is 2. The van der Waals surface area contributed by atoms with Crippen LogP contribution < -0.4 is 5.43 Å². The molecule has 2 aromatic rings. The number of rotatable bonds is 3. The largest absolute Gasteiger partial charge is 0.463 e. The van der Waals surface area contributed by atoms with Crippen molar-refractivity contribution >= 4 is 34.1 Å². The first-order valence-electron chi connectivity index (χ1n) is 6.25. The van der Waals surface area contributed by atoms with Crippen molar-refractivity contribution in [3.05, 3.63) is 45.8 Å². The van der Waals surface area contributed by atoms with Crippen molar-refractivity contribution in [3.63, 3.8) is 0 Å². The Morgan fingerprint density at radius 2 is 2.24 bits per heavy atom. The highest BCUT2D eigenvalue weighted by Gasteiger charge is 2.06. The van der Waals surface area contributed by atoms with E-state index in [1.807, 2.05) is 0 Å². The Labute approximate surface area is 125 Å². The Balaban J connectivity index is 2.24. The van der Waals surface area contributed by atoms with Gasteiger partial charge in [-0.3, -0.25) is 14.4 Å². The van der Waals surface area contributed by atoms with Gasteiger partial charge in [-0.1, -0.05) is 23.6 Å². The summed E-state index contributed by atoms with van der Waals surface area (Å²) in [5, 5.41) is 0.408. The lowest BCUT2D eigenvalue weighted by molar-refractivity contribution is -0.109. The fourth-order valence-corrected chi connectivity index (χ4v) is 2.21. The Morgan fingerprint density at radius 3 is 2.95 bits per heavy atom. The number of benzene rings is 1. The third kappa shape index (κ3) is 3.83. The molecule has 5 heteroatoms. The van der Waals surface area contributed by atoms with Gasteiger partial charge < -0.3 is 4.42 Å². The second-order valence-corrected chi connectivity index (χ2v) is 5.51. The van der Waals surface area contributed by atoms with Crippen molar-refractivity contribution in [3.8, 4) is 11.8 Å². The Bertz CT molecular complexity index is 808. The minimum absolute atomic E-state index is 0.00883. The maximum absolute atomic E-state index is 12.0. The molecule has 0 unspecified atom stereocenters. The van der Waals surface area contributed by atoms with Gasteiger partial charge in [0.25, 0.3) is 0 Å². The van der Waals surface area contributed by atoms with Crippen LogP contribution in [0.1, 0.15) is 29.3 Å². The Kier molecular flexibility index (Phi) is 4.96. The summed E-state index contributed by atoms with van der Waals surface area (Å²) < 4.78 is 5.22. The second-order valence-electron chi connectivity index (χ2n) is 4.24. The lowest BCUT2D eigenvalue weighted by atomic mass is 10.1. The molecule has 1 aromatic heterocycles. The van der Waals surface area contributed by atoms with Crippen LogP contribution in [0, 0.1) is 11.8 Å². The van der Waals surface area contributed by atoms with Crippen molar-refractivity contribution in [1.82, 2.24) is 0 Å². The molecule has 0 aliphatic carbocycles. The van der Waals surface area contributed by atoms with Crippen LogP contribution in [0.25, 0.3) is 11.0 Å². The Morgan fingerprint density at radius 1 is 1.43 bits per heavy atom. The molecule has 21 heavy (non-hydrogen) atoms. The van der Waals surface area contributed by atoms with E-state index in [0.717, 1.165) is 6.26 Å². The van der Waals surface area contributed by atoms with Crippen molar-refractivity contribution < 1.29 is 14.0 Å². The summed E-state index contributed by atoms with van der Waals surface area (Å²) in [7, 11) is 0. The van der Waals surface area contributed by atoms with Gasteiger partial charge >= 0.3 is 0 Å². The molecular weight excluding hydrogens is 288 g/mol. The Hall–Kier alpha value is -2.32. The molecule has 1 heterocycles. The van der Waals surface area contributed by atoms with E-state index in [2.05, 4.69) is 11.8 Å². The SMILES string of the molecule is CC(=O)SCCC#Cc1ccc2occ(C=O)c(=O)c2c1. The van der Waals surface area contributed by atoms with E-state index in [0.29, 0.717) is 35.0 Å². The molecule has 0 atom stereocenters. The van der Waals surface area contributed by atoms with E-state index >= 15 is 0 Å². The van der Waals surface area contributed by atoms with E-state index < -0.39 is 0 Å². The zero-order valence-electron chi connectivity index (χ0n) is 11.3. The maximum Gasteiger partial charge on any atom is 0.203 e. The van der Waals surface area contributed by atoms with Crippen LogP contribution in [0.2, 0.25) is 0 Å². The fourth-order valence-electron chi connectivity index (χ4n) is 1.72. The van der Waals surface area contributed by atoms with Crippen LogP contribution >= 0.6 is 11.8 Å². The molecule has 0 amide bonds. The predicted octanol–water partition coefficient (Wildman–Crippen LogP) is 2.63. The summed E-state index contributed by atoms with van der Waals surface area (Å²) >= 11 is 1.23. The van der Waals surface area contributed by atoms with Gasteiger partial charge in [0.15, 0.2) is 11.4 Å². The fraction of sp³-hybridized carbons (Fsp3) is 0.188. The third-order valence-corrected chi connectivity index (χ3v) is 3.51. The van der Waals surface area contributed by atoms with Gasteiger partial charge in [0.05, 0.1) is 10.9 Å². The summed E-state index contributed by atoms with van der Waals surface area (Å²) in [5.74, 6) is 6.52. The standard InChI is InChI=1S/C16H12O4S/c1-11(18)21-7-3-2-4-12-5-6-15-14(8-12)16(19)13(9-17)10-20-15/h5-6,8-10H,3,7H2,1H3. The van der Waals surface area contributed by atoms with Gasteiger partial charge in [0.2, 0.25) is 5.43 Å². The molecule has 0 radical (unpaired) electrons. The van der Waals surface area contributed by atoms with E-state index in [9.17, 15) is 14.4 Å². The molecular formula is C16H12O4S. The van der Waals surface area contributed by atoms with Crippen LogP contribution in [-0.2, 0) is 4.79 Å². The molecule has 2 rings (SSSR count). The molecule has 0 bridgehead atoms. The number of fused-ring (bicyclic) bond motifs is 1. The monoisotopic (exact) mass is 300 g/mol. The molecule has 0 fully saturated rings. The molecule has 4 nitrogen and oxygen atoms in total. The summed E-state index contributed by atoms with van der Waals surface area (Å²) in [4.78, 5) is 33.5. The van der Waals surface area contributed by atoms with Crippen LogP contribution in [0.15, 0.2) is 33.7 Å². The quantitative estimate of drug-likeness (QED) is 0.495. The van der Waals surface area contributed by atoms with E-state index in [4.69, 9.17) is 4.42 Å². The predicted molar refractivity (Wildman–Crippen MR) is 82.5 cm³/mol. The van der Waals surface area contributed by atoms with E-state index in [1.54, 1.807) is 18.2 Å². The van der Waals surface area contributed by atoms with E-state index in [1.165, 1.54) is 18.7 Å². The van der Waals surface area contributed by atoms with Gasteiger partial charge in [-0.05, 0) is 18.2 Å². The summed E-state index contributed by atoms with van der Waals surface area (Å²) in [6.45, 7) is 1.52. The lowest BCUT2D eigenvalue weighted by Gasteiger charge is -1.98. The highest BCUT2D eigenvalue weighted by molar-refractivity contribution is 8.13. The molecule has 0 aliphatic heterocycles. The molecule has 0 aliphatic rings. The first-order chi connectivity index (χ1) is 10.1. The van der Waals surface area contributed by atoms with Crippen molar-refractivity contribution in [2.45, 2.75) is 13.3 Å². The third-order valence-electron chi connectivity index (χ3n) is 2.69. The van der Waals surface area contributed by atoms with Crippen molar-refractivity contribution in [1.29, 1.82) is 0 Å². The summed E-state index contributed by atoms with van der Waals surface area (Å²) in [6.07, 6.45) is 2.22. The summed E-state index contributed by atoms with van der Waals surface area (Å²) in [6, 6.07) is 5.01. The van der Waals surface area contributed by atoms with E-state index in [-0.39, 0.29) is 16.1 Å². The second kappa shape index (κ2) is 6.91. The van der Waals surface area contributed by atoms with Gasteiger partial charge in [0.1, 0.15) is 11.8 Å². The van der Waals surface area contributed by atoms with Gasteiger partial charge in [-0.2, -0.15) is 0 Å². The first kappa shape index (κ1) is 15.1. The molecule has 0 spiro atoms. The van der Waals surface area contributed by atoms with Crippen molar-refractivity contribution in [2.75, 3.05) is 5.75 Å². The average molecular weight is 300 g/mol. The molecule has 1 aromatic carbocycles. The molecule has 106 valence electrons. The van der Waals surface area contributed by atoms with Gasteiger partial charge in [0, 0.05) is 24.7 Å². The topological polar surface area (TPSA) is 64.3 Å². The molecule has 0 N–H and O–H groups in total. The lowest BCUT2D eigenvalue weighted by Crippen LogP contribution is -2.07. The van der Waals surface area contributed by atoms with Gasteiger partial charge in [-0.25, -0.2) is 0 Å². The number of carbonyl (C=O) groups is 2. The van der Waals surface area contributed by atoms with Crippen LogP contribution in [0.5, 0.6) is 0 Å². The zero-order valence-corrected chi connectivity index (χ0v) is 12.2. The molecule has 0 saturated heterocycles. The highest BCUT2D eigenvalue weighted by Crippen LogP contribution is 2.13. The first-order valence-corrected chi connectivity index (χ1v) is 7.23. The minimum atomic E-state index is -0.359. The average Bonchev–Trinajstić information content (AvgIpc) is 2.47. The number of hydrogen-bond acceptors (Lipinski definition) is 5. The number of hydrogen-bond donors (Lipinski definition) is 0. The zero-order chi connectivity index (χ0) is 15.2. The van der Waals surface area contributed by atoms with Crippen LogP contribution in [-0.4, -0.2) is 17.2 Å². The van der Waals surface area contributed by atoms with Crippen LogP contribution in [0.4, 0.5) is 0 Å². The molecule has 0 saturated carbocycles.